The second-order valence-corrected chi connectivity index (χ2v) is 7.78. The van der Waals surface area contributed by atoms with Crippen LogP contribution in [0.5, 0.6) is 0 Å². The second kappa shape index (κ2) is 6.50. The Morgan fingerprint density at radius 1 is 1.31 bits per heavy atom. The molecule has 1 atom stereocenters. The Balaban J connectivity index is 1.56. The zero-order valence-electron chi connectivity index (χ0n) is 15.4. The van der Waals surface area contributed by atoms with Gasteiger partial charge in [-0.3, -0.25) is 9.89 Å². The van der Waals surface area contributed by atoms with Gasteiger partial charge in [0.25, 0.3) is 5.91 Å². The van der Waals surface area contributed by atoms with Crippen LogP contribution >= 0.6 is 0 Å². The van der Waals surface area contributed by atoms with Crippen LogP contribution in [0.4, 0.5) is 0 Å². The fourth-order valence-corrected chi connectivity index (χ4v) is 3.97. The summed E-state index contributed by atoms with van der Waals surface area (Å²) in [6, 6.07) is 0.178. The number of aromatic nitrogens is 5. The van der Waals surface area contributed by atoms with Gasteiger partial charge in [0.05, 0.1) is 12.7 Å². The van der Waals surface area contributed by atoms with Crippen molar-refractivity contribution in [1.29, 1.82) is 0 Å². The molecule has 1 unspecified atom stereocenters. The van der Waals surface area contributed by atoms with Gasteiger partial charge < -0.3 is 10.0 Å². The van der Waals surface area contributed by atoms with Gasteiger partial charge in [0.1, 0.15) is 11.3 Å². The van der Waals surface area contributed by atoms with E-state index < -0.39 is 5.60 Å². The van der Waals surface area contributed by atoms with E-state index in [1.54, 1.807) is 15.8 Å². The van der Waals surface area contributed by atoms with Crippen molar-refractivity contribution in [2.75, 3.05) is 13.1 Å². The number of β-amino-alcohol motifs (C(OH)–C–C–N with tert-alkyl or cyclic N) is 1. The minimum Gasteiger partial charge on any atom is -0.382 e. The van der Waals surface area contributed by atoms with E-state index in [2.05, 4.69) is 20.5 Å². The van der Waals surface area contributed by atoms with Crippen LogP contribution in [-0.4, -0.2) is 54.2 Å². The van der Waals surface area contributed by atoms with E-state index in [-0.39, 0.29) is 18.5 Å². The van der Waals surface area contributed by atoms with E-state index in [4.69, 9.17) is 0 Å². The molecule has 8 nitrogen and oxygen atoms in total. The Morgan fingerprint density at radius 2 is 2.12 bits per heavy atom. The summed E-state index contributed by atoms with van der Waals surface area (Å²) in [5.74, 6) is -0.0984. The molecule has 0 aromatic carbocycles. The predicted octanol–water partition coefficient (Wildman–Crippen LogP) is 1.58. The van der Waals surface area contributed by atoms with E-state index in [0.717, 1.165) is 43.4 Å². The van der Waals surface area contributed by atoms with Crippen molar-refractivity contribution in [1.82, 2.24) is 30.1 Å². The van der Waals surface area contributed by atoms with Crippen LogP contribution < -0.4 is 0 Å². The molecule has 1 saturated heterocycles. The van der Waals surface area contributed by atoms with E-state index in [0.29, 0.717) is 24.4 Å². The fourth-order valence-electron chi connectivity index (χ4n) is 3.97. The van der Waals surface area contributed by atoms with Crippen LogP contribution in [0.15, 0.2) is 6.20 Å². The number of H-pyrrole nitrogens is 1. The van der Waals surface area contributed by atoms with Crippen LogP contribution in [0.2, 0.25) is 0 Å². The number of nitrogens with one attached hydrogen (secondary N) is 1. The monoisotopic (exact) mass is 358 g/mol. The summed E-state index contributed by atoms with van der Waals surface area (Å²) in [6.07, 6.45) is 7.17. The van der Waals surface area contributed by atoms with Gasteiger partial charge in [-0.05, 0) is 52.4 Å². The van der Waals surface area contributed by atoms with Crippen molar-refractivity contribution in [3.05, 3.63) is 28.8 Å². The smallest absolute Gasteiger partial charge is 0.274 e. The number of carbonyl (C=O) groups is 1. The number of aromatic amines is 1. The molecule has 2 aliphatic rings. The van der Waals surface area contributed by atoms with Crippen LogP contribution in [0, 0.1) is 0 Å². The maximum absolute atomic E-state index is 13.1. The molecule has 1 aliphatic heterocycles. The number of carbonyl (C=O) groups excluding carboxylic acids is 1. The Hall–Kier alpha value is -2.22. The third kappa shape index (κ3) is 2.92. The molecule has 4 rings (SSSR count). The van der Waals surface area contributed by atoms with Gasteiger partial charge in [-0.1, -0.05) is 5.21 Å². The van der Waals surface area contributed by atoms with Gasteiger partial charge >= 0.3 is 0 Å². The molecule has 2 aromatic rings. The average molecular weight is 358 g/mol. The molecule has 0 spiro atoms. The lowest BCUT2D eigenvalue weighted by molar-refractivity contribution is -0.0322. The number of aryl methyl sites for hydroxylation is 1. The molecular weight excluding hydrogens is 332 g/mol. The first kappa shape index (κ1) is 17.2. The van der Waals surface area contributed by atoms with E-state index in [1.807, 2.05) is 13.8 Å². The van der Waals surface area contributed by atoms with Crippen molar-refractivity contribution < 1.29 is 9.90 Å². The Morgan fingerprint density at radius 3 is 2.88 bits per heavy atom. The summed E-state index contributed by atoms with van der Waals surface area (Å²) in [5.41, 5.74) is 2.05. The van der Waals surface area contributed by atoms with Crippen molar-refractivity contribution >= 4 is 5.91 Å². The molecule has 0 saturated carbocycles. The van der Waals surface area contributed by atoms with Gasteiger partial charge in [0.2, 0.25) is 0 Å². The molecular formula is C18H26N6O2. The first-order chi connectivity index (χ1) is 12.5. The molecule has 0 bridgehead atoms. The van der Waals surface area contributed by atoms with Crippen LogP contribution in [0.25, 0.3) is 0 Å². The number of amides is 1. The number of rotatable bonds is 3. The molecule has 1 amide bonds. The minimum atomic E-state index is -1.16. The van der Waals surface area contributed by atoms with Crippen LogP contribution in [0.1, 0.15) is 73.0 Å². The molecule has 26 heavy (non-hydrogen) atoms. The zero-order valence-corrected chi connectivity index (χ0v) is 15.4. The summed E-state index contributed by atoms with van der Waals surface area (Å²) >= 11 is 0. The summed E-state index contributed by atoms with van der Waals surface area (Å²) in [4.78, 5) is 14.8. The quantitative estimate of drug-likeness (QED) is 0.868. The fraction of sp³-hybridized carbons (Fsp3) is 0.667. The number of likely N-dealkylation sites (tertiary alicyclic amines) is 1. The summed E-state index contributed by atoms with van der Waals surface area (Å²) in [6.45, 7) is 4.88. The van der Waals surface area contributed by atoms with Gasteiger partial charge in [0, 0.05) is 23.8 Å². The Kier molecular flexibility index (Phi) is 4.30. The molecule has 2 N–H and O–H groups in total. The average Bonchev–Trinajstić information content (AvgIpc) is 3.29. The van der Waals surface area contributed by atoms with Crippen molar-refractivity contribution in [2.45, 2.75) is 64.0 Å². The normalized spacial score (nSPS) is 23.3. The number of hydrogen-bond donors (Lipinski definition) is 2. The lowest BCUT2D eigenvalue weighted by Crippen LogP contribution is -2.49. The highest BCUT2D eigenvalue weighted by molar-refractivity contribution is 5.94. The molecule has 140 valence electrons. The number of nitrogens with zero attached hydrogens (tertiary/aromatic N) is 5. The topological polar surface area (TPSA) is 99.9 Å². The van der Waals surface area contributed by atoms with E-state index in [1.165, 1.54) is 0 Å². The lowest BCUT2D eigenvalue weighted by Gasteiger charge is -2.37. The van der Waals surface area contributed by atoms with Gasteiger partial charge in [-0.15, -0.1) is 5.10 Å². The van der Waals surface area contributed by atoms with Crippen LogP contribution in [0.3, 0.4) is 0 Å². The third-order valence-electron chi connectivity index (χ3n) is 5.53. The standard InChI is InChI=1S/C18H26N6O2/c1-12(2)24-10-15(20-22-24)18(26)8-5-9-23(11-18)17(25)16-13-6-3-4-7-14(13)19-21-16/h10,12,26H,3-9,11H2,1-2H3,(H,19,21). The molecule has 2 aromatic heterocycles. The highest BCUT2D eigenvalue weighted by Crippen LogP contribution is 2.32. The lowest BCUT2D eigenvalue weighted by atomic mass is 9.89. The first-order valence-corrected chi connectivity index (χ1v) is 9.48. The molecule has 1 fully saturated rings. The van der Waals surface area contributed by atoms with E-state index >= 15 is 0 Å². The Labute approximate surface area is 152 Å². The predicted molar refractivity (Wildman–Crippen MR) is 94.7 cm³/mol. The highest BCUT2D eigenvalue weighted by atomic mass is 16.3. The number of hydrogen-bond acceptors (Lipinski definition) is 5. The maximum atomic E-state index is 13.1. The van der Waals surface area contributed by atoms with Gasteiger partial charge in [0.15, 0.2) is 5.69 Å². The largest absolute Gasteiger partial charge is 0.382 e. The van der Waals surface area contributed by atoms with E-state index in [9.17, 15) is 9.90 Å². The zero-order chi connectivity index (χ0) is 18.3. The van der Waals surface area contributed by atoms with Gasteiger partial charge in [-0.25, -0.2) is 4.68 Å². The third-order valence-corrected chi connectivity index (χ3v) is 5.53. The number of aliphatic hydroxyl groups is 1. The van der Waals surface area contributed by atoms with Crippen molar-refractivity contribution in [3.63, 3.8) is 0 Å². The summed E-state index contributed by atoms with van der Waals surface area (Å²) in [7, 11) is 0. The molecule has 1 aliphatic carbocycles. The molecule has 8 heteroatoms. The van der Waals surface area contributed by atoms with Crippen molar-refractivity contribution in [3.8, 4) is 0 Å². The van der Waals surface area contributed by atoms with Gasteiger partial charge in [-0.2, -0.15) is 5.10 Å². The Bertz CT molecular complexity index is 810. The highest BCUT2D eigenvalue weighted by Gasteiger charge is 2.40. The summed E-state index contributed by atoms with van der Waals surface area (Å²) < 4.78 is 1.73. The number of piperidine rings is 1. The second-order valence-electron chi connectivity index (χ2n) is 7.78. The summed E-state index contributed by atoms with van der Waals surface area (Å²) in [5, 5.41) is 26.7. The maximum Gasteiger partial charge on any atom is 0.274 e. The molecule has 3 heterocycles. The first-order valence-electron chi connectivity index (χ1n) is 9.48. The molecule has 0 radical (unpaired) electrons. The number of fused-ring (bicyclic) bond motifs is 1. The minimum absolute atomic E-state index is 0.0984. The van der Waals surface area contributed by atoms with Crippen LogP contribution in [-0.2, 0) is 18.4 Å². The van der Waals surface area contributed by atoms with Crippen molar-refractivity contribution in [2.24, 2.45) is 0 Å². The SMILES string of the molecule is CC(C)n1cc(C2(O)CCCN(C(=O)c3n[nH]c4c3CCCC4)C2)nn1.